The van der Waals surface area contributed by atoms with Gasteiger partial charge in [-0.1, -0.05) is 6.07 Å². The van der Waals surface area contributed by atoms with Crippen molar-refractivity contribution in [3.05, 3.63) is 64.6 Å². The lowest BCUT2D eigenvalue weighted by atomic mass is 10.1. The van der Waals surface area contributed by atoms with Crippen molar-refractivity contribution in [1.29, 1.82) is 0 Å². The molecular weight excluding hydrogens is 388 g/mol. The van der Waals surface area contributed by atoms with Crippen molar-refractivity contribution in [1.82, 2.24) is 24.8 Å². The Kier molecular flexibility index (Phi) is 4.41. The molecule has 1 aromatic carbocycles. The van der Waals surface area contributed by atoms with Gasteiger partial charge in [0.2, 0.25) is 0 Å². The second-order valence-electron chi connectivity index (χ2n) is 6.03. The summed E-state index contributed by atoms with van der Waals surface area (Å²) in [5.74, 6) is -1.04. The van der Waals surface area contributed by atoms with Crippen LogP contribution in [0, 0.1) is 0 Å². The molecule has 1 amide bonds. The number of nitrogens with one attached hydrogen (secondary N) is 1. The highest BCUT2D eigenvalue weighted by molar-refractivity contribution is 5.97. The Balaban J connectivity index is 1.58. The highest BCUT2D eigenvalue weighted by Gasteiger charge is 2.45. The maximum atomic E-state index is 13.3. The van der Waals surface area contributed by atoms with Crippen molar-refractivity contribution < 1.29 is 23.0 Å². The molecule has 0 fully saturated rings. The average molecular weight is 401 g/mol. The molecule has 0 aliphatic carbocycles. The van der Waals surface area contributed by atoms with Gasteiger partial charge in [0.05, 0.1) is 23.5 Å². The Morgan fingerprint density at radius 1 is 1.24 bits per heavy atom. The second-order valence-corrected chi connectivity index (χ2v) is 6.03. The number of hydrogen-bond donors (Lipinski definition) is 1. The van der Waals surface area contributed by atoms with E-state index in [0.717, 1.165) is 0 Å². The van der Waals surface area contributed by atoms with Gasteiger partial charge in [-0.15, -0.1) is 8.78 Å². The van der Waals surface area contributed by atoms with E-state index in [9.17, 15) is 18.4 Å². The van der Waals surface area contributed by atoms with Crippen LogP contribution in [0.5, 0.6) is 11.5 Å². The van der Waals surface area contributed by atoms with Gasteiger partial charge in [0.25, 0.3) is 11.5 Å². The number of aromatic nitrogens is 4. The summed E-state index contributed by atoms with van der Waals surface area (Å²) in [5.41, 5.74) is 0.280. The number of carbonyl (C=O) groups excluding carboxylic acids is 1. The normalized spacial score (nSPS) is 13.9. The molecule has 9 nitrogen and oxygen atoms in total. The molecule has 1 N–H and O–H groups in total. The number of carbonyl (C=O) groups is 1. The molecular formula is C18H13F2N5O4. The van der Waals surface area contributed by atoms with E-state index in [0.29, 0.717) is 11.4 Å². The minimum absolute atomic E-state index is 0.128. The van der Waals surface area contributed by atoms with Crippen molar-refractivity contribution in [2.75, 3.05) is 0 Å². The zero-order valence-electron chi connectivity index (χ0n) is 14.9. The number of hydrogen-bond acceptors (Lipinski definition) is 7. The Bertz CT molecular complexity index is 1150. The van der Waals surface area contributed by atoms with E-state index in [1.165, 1.54) is 48.4 Å². The van der Waals surface area contributed by atoms with Crippen LogP contribution in [0.2, 0.25) is 0 Å². The third-order valence-corrected chi connectivity index (χ3v) is 4.15. The second kappa shape index (κ2) is 6.93. The molecule has 2 aromatic heterocycles. The summed E-state index contributed by atoms with van der Waals surface area (Å²) in [7, 11) is 1.50. The van der Waals surface area contributed by atoms with Gasteiger partial charge in [-0.05, 0) is 18.2 Å². The third-order valence-electron chi connectivity index (χ3n) is 4.15. The molecule has 0 bridgehead atoms. The van der Waals surface area contributed by atoms with Gasteiger partial charge in [-0.2, -0.15) is 0 Å². The topological polar surface area (TPSA) is 108 Å². The maximum Gasteiger partial charge on any atom is 0.586 e. The quantitative estimate of drug-likeness (QED) is 0.706. The first-order chi connectivity index (χ1) is 13.8. The molecule has 0 unspecified atom stereocenters. The summed E-state index contributed by atoms with van der Waals surface area (Å²) < 4.78 is 36.6. The first-order valence-electron chi connectivity index (χ1n) is 8.34. The molecule has 11 heteroatoms. The van der Waals surface area contributed by atoms with Crippen LogP contribution in [0.3, 0.4) is 0 Å². The molecule has 0 saturated heterocycles. The summed E-state index contributed by atoms with van der Waals surface area (Å²) in [6.45, 7) is -0.135. The van der Waals surface area contributed by atoms with Gasteiger partial charge in [-0.25, -0.2) is 15.0 Å². The fourth-order valence-corrected chi connectivity index (χ4v) is 2.72. The van der Waals surface area contributed by atoms with E-state index in [1.54, 1.807) is 6.07 Å². The molecule has 148 valence electrons. The highest BCUT2D eigenvalue weighted by Crippen LogP contribution is 2.43. The van der Waals surface area contributed by atoms with Gasteiger partial charge < -0.3 is 14.8 Å². The minimum Gasteiger partial charge on any atom is -0.395 e. The predicted molar refractivity (Wildman–Crippen MR) is 94.3 cm³/mol. The number of amides is 1. The Morgan fingerprint density at radius 2 is 2.07 bits per heavy atom. The van der Waals surface area contributed by atoms with Gasteiger partial charge in [0.1, 0.15) is 12.2 Å². The third kappa shape index (κ3) is 3.61. The Labute approximate surface area is 162 Å². The van der Waals surface area contributed by atoms with Gasteiger partial charge in [0.15, 0.2) is 11.5 Å². The summed E-state index contributed by atoms with van der Waals surface area (Å²) in [6, 6.07) is 6.88. The molecule has 0 radical (unpaired) electrons. The summed E-state index contributed by atoms with van der Waals surface area (Å²) in [4.78, 5) is 36.9. The van der Waals surface area contributed by atoms with Crippen LogP contribution in [0.1, 0.15) is 16.2 Å². The number of halogens is 2. The molecule has 29 heavy (non-hydrogen) atoms. The van der Waals surface area contributed by atoms with Crippen LogP contribution >= 0.6 is 0 Å². The summed E-state index contributed by atoms with van der Waals surface area (Å²) >= 11 is 0. The number of nitrogens with zero attached hydrogens (tertiary/aromatic N) is 4. The lowest BCUT2D eigenvalue weighted by molar-refractivity contribution is -0.286. The largest absolute Gasteiger partial charge is 0.586 e. The number of ether oxygens (including phenoxy) is 2. The zero-order chi connectivity index (χ0) is 20.6. The fourth-order valence-electron chi connectivity index (χ4n) is 2.72. The number of para-hydroxylation sites is 1. The van der Waals surface area contributed by atoms with Crippen molar-refractivity contribution in [3.8, 4) is 22.9 Å². The van der Waals surface area contributed by atoms with Gasteiger partial charge >= 0.3 is 6.29 Å². The maximum absolute atomic E-state index is 13.3. The molecule has 0 atom stereocenters. The van der Waals surface area contributed by atoms with E-state index in [2.05, 4.69) is 29.7 Å². The van der Waals surface area contributed by atoms with Crippen LogP contribution in [0.15, 0.2) is 47.7 Å². The first kappa shape index (κ1) is 18.5. The number of rotatable bonds is 4. The van der Waals surface area contributed by atoms with Gasteiger partial charge in [-0.3, -0.25) is 14.2 Å². The van der Waals surface area contributed by atoms with E-state index >= 15 is 0 Å². The van der Waals surface area contributed by atoms with E-state index in [1.807, 2.05) is 0 Å². The van der Waals surface area contributed by atoms with Crippen LogP contribution in [0.4, 0.5) is 8.78 Å². The van der Waals surface area contributed by atoms with Crippen molar-refractivity contribution in [2.24, 2.45) is 7.05 Å². The average Bonchev–Trinajstić information content (AvgIpc) is 3.03. The van der Waals surface area contributed by atoms with Crippen molar-refractivity contribution in [2.45, 2.75) is 12.8 Å². The smallest absolute Gasteiger partial charge is 0.395 e. The molecule has 0 saturated carbocycles. The molecule has 1 aliphatic rings. The van der Waals surface area contributed by atoms with Crippen LogP contribution in [-0.2, 0) is 13.6 Å². The van der Waals surface area contributed by atoms with Crippen LogP contribution < -0.4 is 20.3 Å². The van der Waals surface area contributed by atoms with Crippen LogP contribution in [-0.4, -0.2) is 31.7 Å². The Morgan fingerprint density at radius 3 is 2.83 bits per heavy atom. The fraction of sp³-hybridized carbons (Fsp3) is 0.167. The lowest BCUT2D eigenvalue weighted by Crippen LogP contribution is -2.30. The Hall–Kier alpha value is -3.89. The SMILES string of the molecule is Cn1c(CNC(=O)c2cccc3c2OC(F)(F)O3)nc(-c2ccncn2)cc1=O. The minimum atomic E-state index is -3.84. The monoisotopic (exact) mass is 401 g/mol. The molecule has 1 aliphatic heterocycles. The van der Waals surface area contributed by atoms with E-state index in [4.69, 9.17) is 0 Å². The molecule has 3 aromatic rings. The first-order valence-corrected chi connectivity index (χ1v) is 8.34. The molecule has 0 spiro atoms. The zero-order valence-corrected chi connectivity index (χ0v) is 14.9. The number of fused-ring (bicyclic) bond motifs is 1. The number of alkyl halides is 2. The van der Waals surface area contributed by atoms with Crippen LogP contribution in [0.25, 0.3) is 11.4 Å². The summed E-state index contributed by atoms with van der Waals surface area (Å²) in [5, 5.41) is 2.54. The van der Waals surface area contributed by atoms with Crippen molar-refractivity contribution >= 4 is 5.91 Å². The predicted octanol–water partition coefficient (Wildman–Crippen LogP) is 1.49. The van der Waals surface area contributed by atoms with Gasteiger partial charge in [0, 0.05) is 19.3 Å². The molecule has 4 rings (SSSR count). The standard InChI is InChI=1S/C18H13F2N5O4/c1-25-14(24-12(7-15(25)26)11-5-6-21-9-23-11)8-22-17(27)10-3-2-4-13-16(10)29-18(19,20)28-13/h2-7,9H,8H2,1H3,(H,22,27). The van der Waals surface area contributed by atoms with E-state index in [-0.39, 0.29) is 35.0 Å². The lowest BCUT2D eigenvalue weighted by Gasteiger charge is -2.11. The highest BCUT2D eigenvalue weighted by atomic mass is 19.3. The number of benzene rings is 1. The van der Waals surface area contributed by atoms with Crippen molar-refractivity contribution in [3.63, 3.8) is 0 Å². The van der Waals surface area contributed by atoms with E-state index < -0.39 is 12.2 Å². The summed E-state index contributed by atoms with van der Waals surface area (Å²) in [6.07, 6.45) is -1.00. The molecule has 3 heterocycles.